The summed E-state index contributed by atoms with van der Waals surface area (Å²) in [5.41, 5.74) is -2.30. The second-order valence-electron chi connectivity index (χ2n) is 4.77. The van der Waals surface area contributed by atoms with E-state index in [9.17, 15) is 29.1 Å². The molecule has 2 aliphatic carbocycles. The number of fused-ring (bicyclic) bond motifs is 2. The predicted octanol–water partition coefficient (Wildman–Crippen LogP) is -0.979. The monoisotopic (exact) mass is 270 g/mol. The summed E-state index contributed by atoms with van der Waals surface area (Å²) in [7, 11) is 0. The van der Waals surface area contributed by atoms with Crippen LogP contribution in [-0.4, -0.2) is 44.8 Å². The molecule has 0 aromatic rings. The highest BCUT2D eigenvalue weighted by molar-refractivity contribution is 6.23. The average molecular weight is 270 g/mol. The smallest absolute Gasteiger partial charge is 0.318 e. The van der Waals surface area contributed by atoms with Crippen molar-refractivity contribution in [2.45, 2.75) is 12.8 Å². The number of carboxylic acids is 3. The first-order valence-corrected chi connectivity index (χ1v) is 5.52. The molecule has 102 valence electrons. The maximum Gasteiger partial charge on any atom is 0.318 e. The van der Waals surface area contributed by atoms with Crippen LogP contribution in [0.1, 0.15) is 12.8 Å². The van der Waals surface area contributed by atoms with Crippen molar-refractivity contribution >= 4 is 29.5 Å². The van der Waals surface area contributed by atoms with Gasteiger partial charge in [-0.25, -0.2) is 0 Å². The molecule has 2 aliphatic rings. The molecule has 0 radical (unpaired) electrons. The van der Waals surface area contributed by atoms with Crippen LogP contribution in [0.2, 0.25) is 0 Å². The fraction of sp³-hybridized carbons (Fsp3) is 0.545. The molecule has 3 N–H and O–H groups in total. The number of rotatable bonds is 3. The molecule has 0 aromatic carbocycles. The molecular formula is C11H10O8. The molecule has 4 unspecified atom stereocenters. The quantitative estimate of drug-likeness (QED) is 0.554. The van der Waals surface area contributed by atoms with E-state index in [0.29, 0.717) is 0 Å². The molecule has 0 amide bonds. The second-order valence-corrected chi connectivity index (χ2v) is 4.77. The van der Waals surface area contributed by atoms with Crippen LogP contribution in [0.5, 0.6) is 0 Å². The third kappa shape index (κ3) is 1.42. The van der Waals surface area contributed by atoms with E-state index in [4.69, 9.17) is 10.2 Å². The van der Waals surface area contributed by atoms with Crippen molar-refractivity contribution in [3.8, 4) is 0 Å². The second kappa shape index (κ2) is 3.87. The Kier molecular flexibility index (Phi) is 2.69. The van der Waals surface area contributed by atoms with Crippen molar-refractivity contribution in [1.82, 2.24) is 0 Å². The highest BCUT2D eigenvalue weighted by Crippen LogP contribution is 2.53. The number of hydrogen-bond donors (Lipinski definition) is 3. The van der Waals surface area contributed by atoms with Crippen LogP contribution < -0.4 is 0 Å². The first kappa shape index (κ1) is 13.2. The van der Waals surface area contributed by atoms with E-state index in [-0.39, 0.29) is 12.8 Å². The summed E-state index contributed by atoms with van der Waals surface area (Å²) in [6, 6.07) is 0. The Labute approximate surface area is 106 Å². The van der Waals surface area contributed by atoms with Crippen molar-refractivity contribution in [2.24, 2.45) is 23.2 Å². The van der Waals surface area contributed by atoms with Gasteiger partial charge >= 0.3 is 17.9 Å². The van der Waals surface area contributed by atoms with Crippen molar-refractivity contribution in [2.75, 3.05) is 0 Å². The summed E-state index contributed by atoms with van der Waals surface area (Å²) >= 11 is 0. The van der Waals surface area contributed by atoms with Gasteiger partial charge in [-0.05, 0) is 12.8 Å². The molecule has 2 saturated carbocycles. The zero-order valence-corrected chi connectivity index (χ0v) is 9.53. The molecule has 2 bridgehead atoms. The van der Waals surface area contributed by atoms with E-state index in [1.165, 1.54) is 0 Å². The van der Waals surface area contributed by atoms with Crippen LogP contribution in [0.25, 0.3) is 0 Å². The van der Waals surface area contributed by atoms with Crippen LogP contribution in [0, 0.1) is 23.2 Å². The third-order valence-electron chi connectivity index (χ3n) is 4.01. The van der Waals surface area contributed by atoms with Crippen molar-refractivity contribution < 1.29 is 39.3 Å². The predicted molar refractivity (Wildman–Crippen MR) is 55.1 cm³/mol. The zero-order valence-electron chi connectivity index (χ0n) is 9.53. The Morgan fingerprint density at radius 3 is 2.05 bits per heavy atom. The van der Waals surface area contributed by atoms with Gasteiger partial charge in [-0.3, -0.25) is 24.0 Å². The van der Waals surface area contributed by atoms with Crippen LogP contribution >= 0.6 is 0 Å². The summed E-state index contributed by atoms with van der Waals surface area (Å²) in [5.74, 6) is -12.5. The molecule has 2 rings (SSSR count). The first-order valence-electron chi connectivity index (χ1n) is 5.52. The lowest BCUT2D eigenvalue weighted by atomic mass is 9.61. The molecule has 0 saturated heterocycles. The molecule has 0 aromatic heterocycles. The van der Waals surface area contributed by atoms with E-state index in [2.05, 4.69) is 0 Å². The fourth-order valence-corrected chi connectivity index (χ4v) is 3.15. The normalized spacial score (nSPS) is 37.2. The number of carbonyl (C=O) groups is 5. The van der Waals surface area contributed by atoms with Crippen molar-refractivity contribution in [1.29, 1.82) is 0 Å². The standard InChI is InChI=1S/C11H10O8/c12-6-3-1-2-11(7(3)13,10(18)19)5(9(16)17)4(6)8(14)15/h3-5H,1-2H2,(H,14,15)(H,16,17)(H,18,19). The fourth-order valence-electron chi connectivity index (χ4n) is 3.15. The summed E-state index contributed by atoms with van der Waals surface area (Å²) in [4.78, 5) is 57.5. The summed E-state index contributed by atoms with van der Waals surface area (Å²) in [6.07, 6.45) is -0.435. The maximum atomic E-state index is 12.0. The Hall–Kier alpha value is -2.25. The number of Topliss-reactive ketones (excluding diaryl/α,β-unsaturated/α-hetero) is 2. The van der Waals surface area contributed by atoms with Gasteiger partial charge in [0.05, 0.1) is 5.92 Å². The largest absolute Gasteiger partial charge is 0.481 e. The molecule has 4 atom stereocenters. The van der Waals surface area contributed by atoms with Gasteiger partial charge in [0.1, 0.15) is 17.3 Å². The van der Waals surface area contributed by atoms with Gasteiger partial charge in [-0.15, -0.1) is 0 Å². The molecule has 8 heteroatoms. The topological polar surface area (TPSA) is 146 Å². The first-order chi connectivity index (χ1) is 8.75. The number of carboxylic acid groups (broad SMARTS) is 3. The molecule has 0 spiro atoms. The number of hydrogen-bond acceptors (Lipinski definition) is 5. The van der Waals surface area contributed by atoms with Gasteiger partial charge in [0.15, 0.2) is 11.6 Å². The third-order valence-corrected chi connectivity index (χ3v) is 4.01. The SMILES string of the molecule is O=C(O)C1C(=O)C2CCC(C(=O)O)(C2=O)C1C(=O)O. The minimum Gasteiger partial charge on any atom is -0.481 e. The number of aliphatic carboxylic acids is 3. The number of ketones is 2. The van der Waals surface area contributed by atoms with Gasteiger partial charge in [-0.2, -0.15) is 0 Å². The van der Waals surface area contributed by atoms with E-state index in [1.54, 1.807) is 0 Å². The Morgan fingerprint density at radius 2 is 1.63 bits per heavy atom. The lowest BCUT2D eigenvalue weighted by molar-refractivity contribution is -0.178. The Balaban J connectivity index is 2.67. The number of carbonyl (C=O) groups excluding carboxylic acids is 2. The minimum absolute atomic E-state index is 0.114. The molecular weight excluding hydrogens is 260 g/mol. The van der Waals surface area contributed by atoms with Gasteiger partial charge < -0.3 is 15.3 Å². The summed E-state index contributed by atoms with van der Waals surface area (Å²) < 4.78 is 0. The Bertz CT molecular complexity index is 521. The summed E-state index contributed by atoms with van der Waals surface area (Å²) in [6.45, 7) is 0. The van der Waals surface area contributed by atoms with Gasteiger partial charge in [-0.1, -0.05) is 0 Å². The van der Waals surface area contributed by atoms with Gasteiger partial charge in [0.25, 0.3) is 0 Å². The lowest BCUT2D eigenvalue weighted by Crippen LogP contribution is -2.58. The van der Waals surface area contributed by atoms with Crippen LogP contribution in [0.4, 0.5) is 0 Å². The molecule has 8 nitrogen and oxygen atoms in total. The zero-order chi connectivity index (χ0) is 14.5. The minimum atomic E-state index is -2.30. The molecule has 0 aliphatic heterocycles. The van der Waals surface area contributed by atoms with Gasteiger partial charge in [0.2, 0.25) is 0 Å². The lowest BCUT2D eigenvalue weighted by Gasteiger charge is -2.36. The van der Waals surface area contributed by atoms with Crippen molar-refractivity contribution in [3.63, 3.8) is 0 Å². The molecule has 0 heterocycles. The highest BCUT2D eigenvalue weighted by Gasteiger charge is 2.70. The van der Waals surface area contributed by atoms with E-state index >= 15 is 0 Å². The van der Waals surface area contributed by atoms with E-state index in [0.717, 1.165) is 0 Å². The van der Waals surface area contributed by atoms with Crippen LogP contribution in [0.3, 0.4) is 0 Å². The molecule has 2 fully saturated rings. The van der Waals surface area contributed by atoms with E-state index in [1.807, 2.05) is 0 Å². The molecule has 19 heavy (non-hydrogen) atoms. The highest BCUT2D eigenvalue weighted by atomic mass is 16.4. The maximum absolute atomic E-state index is 12.0. The van der Waals surface area contributed by atoms with Gasteiger partial charge in [0, 0.05) is 0 Å². The van der Waals surface area contributed by atoms with Crippen LogP contribution in [-0.2, 0) is 24.0 Å². The Morgan fingerprint density at radius 1 is 1.05 bits per heavy atom. The van der Waals surface area contributed by atoms with Crippen LogP contribution in [0.15, 0.2) is 0 Å². The van der Waals surface area contributed by atoms with E-state index < -0.39 is 52.6 Å². The summed E-state index contributed by atoms with van der Waals surface area (Å²) in [5, 5.41) is 27.3. The van der Waals surface area contributed by atoms with Crippen molar-refractivity contribution in [3.05, 3.63) is 0 Å². The average Bonchev–Trinajstić information content (AvgIpc) is 2.53.